The van der Waals surface area contributed by atoms with Gasteiger partial charge in [0.1, 0.15) is 42.8 Å². The van der Waals surface area contributed by atoms with Crippen LogP contribution >= 0.6 is 0 Å². The van der Waals surface area contributed by atoms with E-state index in [1.165, 1.54) is 7.11 Å². The van der Waals surface area contributed by atoms with Gasteiger partial charge in [0.05, 0.1) is 0 Å². The zero-order valence-electron chi connectivity index (χ0n) is 29.8. The van der Waals surface area contributed by atoms with Gasteiger partial charge in [0.2, 0.25) is 12.2 Å². The van der Waals surface area contributed by atoms with E-state index in [9.17, 15) is 39.3 Å². The molecule has 0 bridgehead atoms. The molecular weight excluding hydrogens is 686 g/mol. The molecule has 2 saturated heterocycles. The first-order valence-corrected chi connectivity index (χ1v) is 18.0. The monoisotopic (exact) mass is 739 g/mol. The zero-order chi connectivity index (χ0) is 37.9. The van der Waals surface area contributed by atoms with Crippen LogP contribution in [0.25, 0.3) is 0 Å². The number of aliphatic hydroxyl groups excluding tert-OH is 3. The first kappa shape index (κ1) is 41.1. The molecule has 18 nitrogen and oxygen atoms in total. The first-order chi connectivity index (χ1) is 24.8. The number of carbonyl (C=O) groups is 3. The summed E-state index contributed by atoms with van der Waals surface area (Å²) < 4.78 is 30.1. The second kappa shape index (κ2) is 19.4. The maximum atomic E-state index is 13.2. The topological polar surface area (TPSA) is 263 Å². The number of aromatic amines is 1. The Hall–Kier alpha value is -3.65. The van der Waals surface area contributed by atoms with Crippen LogP contribution in [0, 0.1) is 0 Å². The number of amides is 2. The normalized spacial score (nSPS) is 30.3. The summed E-state index contributed by atoms with van der Waals surface area (Å²) in [4.78, 5) is 65.7. The molecule has 2 fully saturated rings. The standard InChI is InChI=1S/C34H53N5O13/c1-4-5-6-7-8-9-10-14-23(42)50-28-25(48-3)26(51-32(28)39-16-15-22(41)38-34(39)47)27(29(35)44)52-33-24(43)20(40)17-21(49-33)31(46)37-19-13-11-12-18(2)36-30(19)45/h15-20,24-29,32-33,40,43-44H,4-14,35H2,1-3H3,(H,36,45)(H,37,46)(H,38,41,47)/t18-,19+,20+,24+,25-,26+,27-,28-,29?,32-,33-/m0/s1. The predicted octanol–water partition coefficient (Wildman–Crippen LogP) is -0.701. The summed E-state index contributed by atoms with van der Waals surface area (Å²) in [6.07, 6.45) is -3.53. The largest absolute Gasteiger partial charge is 0.456 e. The van der Waals surface area contributed by atoms with E-state index in [0.29, 0.717) is 19.3 Å². The number of nitrogens with zero attached hydrogens (tertiary/aromatic N) is 1. The Labute approximate surface area is 301 Å². The van der Waals surface area contributed by atoms with Gasteiger partial charge in [-0.3, -0.25) is 28.7 Å². The number of methoxy groups -OCH3 is 1. The zero-order valence-corrected chi connectivity index (χ0v) is 29.8. The summed E-state index contributed by atoms with van der Waals surface area (Å²) in [6.45, 7) is 3.98. The maximum absolute atomic E-state index is 13.2. The summed E-state index contributed by atoms with van der Waals surface area (Å²) in [7, 11) is 1.27. The summed E-state index contributed by atoms with van der Waals surface area (Å²) >= 11 is 0. The Morgan fingerprint density at radius 3 is 2.48 bits per heavy atom. The van der Waals surface area contributed by atoms with Crippen LogP contribution in [0.1, 0.15) is 90.7 Å². The van der Waals surface area contributed by atoms with Crippen LogP contribution in [-0.2, 0) is 38.1 Å². The highest BCUT2D eigenvalue weighted by Crippen LogP contribution is 2.37. The number of rotatable bonds is 17. The van der Waals surface area contributed by atoms with E-state index in [1.807, 2.05) is 6.92 Å². The van der Waals surface area contributed by atoms with E-state index in [4.69, 9.17) is 29.4 Å². The van der Waals surface area contributed by atoms with Crippen LogP contribution in [0.3, 0.4) is 0 Å². The van der Waals surface area contributed by atoms with E-state index < -0.39 is 90.3 Å². The number of hydrogen-bond acceptors (Lipinski definition) is 14. The quantitative estimate of drug-likeness (QED) is 0.0592. The lowest BCUT2D eigenvalue weighted by atomic mass is 10.0. The van der Waals surface area contributed by atoms with Crippen molar-refractivity contribution in [2.75, 3.05) is 7.11 Å². The van der Waals surface area contributed by atoms with Gasteiger partial charge >= 0.3 is 11.7 Å². The molecule has 2 amide bonds. The summed E-state index contributed by atoms with van der Waals surface area (Å²) in [5, 5.41) is 37.5. The number of unbranched alkanes of at least 4 members (excludes halogenated alkanes) is 6. The molecule has 3 aliphatic rings. The summed E-state index contributed by atoms with van der Waals surface area (Å²) in [5.74, 6) is -2.32. The van der Waals surface area contributed by atoms with Gasteiger partial charge in [-0.1, -0.05) is 45.4 Å². The first-order valence-electron chi connectivity index (χ1n) is 18.0. The van der Waals surface area contributed by atoms with Crippen molar-refractivity contribution in [2.24, 2.45) is 5.73 Å². The van der Waals surface area contributed by atoms with Crippen LogP contribution < -0.4 is 27.6 Å². The second-order valence-corrected chi connectivity index (χ2v) is 13.5. The highest BCUT2D eigenvalue weighted by Gasteiger charge is 2.54. The fourth-order valence-corrected chi connectivity index (χ4v) is 6.55. The Morgan fingerprint density at radius 1 is 1.10 bits per heavy atom. The Bertz CT molecular complexity index is 1500. The van der Waals surface area contributed by atoms with Crippen molar-refractivity contribution in [3.63, 3.8) is 0 Å². The maximum Gasteiger partial charge on any atom is 0.330 e. The number of aromatic nitrogens is 2. The van der Waals surface area contributed by atoms with Crippen molar-refractivity contribution in [1.82, 2.24) is 20.2 Å². The molecule has 0 radical (unpaired) electrons. The van der Waals surface area contributed by atoms with Gasteiger partial charge in [-0.05, 0) is 38.7 Å². The molecule has 52 heavy (non-hydrogen) atoms. The average molecular weight is 740 g/mol. The van der Waals surface area contributed by atoms with E-state index in [1.54, 1.807) is 0 Å². The van der Waals surface area contributed by atoms with Crippen molar-refractivity contribution < 1.29 is 53.4 Å². The van der Waals surface area contributed by atoms with Gasteiger partial charge in [-0.2, -0.15) is 0 Å². The molecule has 0 saturated carbocycles. The van der Waals surface area contributed by atoms with Crippen LogP contribution in [0.5, 0.6) is 0 Å². The van der Waals surface area contributed by atoms with Crippen LogP contribution in [0.2, 0.25) is 0 Å². The highest BCUT2D eigenvalue weighted by molar-refractivity contribution is 5.95. The fraction of sp³-hybridized carbons (Fsp3) is 0.735. The number of aliphatic hydroxyl groups is 3. The number of carbonyl (C=O) groups excluding carboxylic acids is 3. The van der Waals surface area contributed by atoms with Gasteiger partial charge in [0, 0.05) is 31.8 Å². The van der Waals surface area contributed by atoms with Crippen molar-refractivity contribution in [1.29, 1.82) is 0 Å². The molecule has 4 heterocycles. The third-order valence-electron chi connectivity index (χ3n) is 9.38. The number of nitrogens with one attached hydrogen (secondary N) is 3. The van der Waals surface area contributed by atoms with Crippen molar-refractivity contribution in [3.8, 4) is 0 Å². The highest BCUT2D eigenvalue weighted by atomic mass is 16.7. The number of H-pyrrole nitrogens is 1. The van der Waals surface area contributed by atoms with Gasteiger partial charge in [0.15, 0.2) is 18.1 Å². The lowest BCUT2D eigenvalue weighted by molar-refractivity contribution is -0.260. The molecule has 18 heteroatoms. The summed E-state index contributed by atoms with van der Waals surface area (Å²) in [6, 6.07) is 0.116. The lowest BCUT2D eigenvalue weighted by Gasteiger charge is -2.37. The van der Waals surface area contributed by atoms with Gasteiger partial charge in [-0.15, -0.1) is 0 Å². The minimum Gasteiger partial charge on any atom is -0.456 e. The number of nitrogens with two attached hydrogens (primary N) is 1. The molecule has 8 N–H and O–H groups in total. The van der Waals surface area contributed by atoms with Crippen LogP contribution in [0.4, 0.5) is 0 Å². The lowest BCUT2D eigenvalue weighted by Crippen LogP contribution is -2.56. The molecule has 0 aliphatic carbocycles. The molecule has 292 valence electrons. The summed E-state index contributed by atoms with van der Waals surface area (Å²) in [5.41, 5.74) is 4.35. The molecule has 1 unspecified atom stereocenters. The number of hydrogen-bond donors (Lipinski definition) is 7. The van der Waals surface area contributed by atoms with Crippen molar-refractivity contribution in [2.45, 2.75) is 152 Å². The minimum absolute atomic E-state index is 0.0662. The second-order valence-electron chi connectivity index (χ2n) is 13.5. The van der Waals surface area contributed by atoms with Gasteiger partial charge in [-0.25, -0.2) is 4.79 Å². The fourth-order valence-electron chi connectivity index (χ4n) is 6.55. The van der Waals surface area contributed by atoms with E-state index >= 15 is 0 Å². The van der Waals surface area contributed by atoms with Gasteiger partial charge < -0.3 is 55.4 Å². The van der Waals surface area contributed by atoms with E-state index in [0.717, 1.165) is 67.9 Å². The third kappa shape index (κ3) is 10.7. The van der Waals surface area contributed by atoms with Crippen molar-refractivity contribution >= 4 is 17.8 Å². The van der Waals surface area contributed by atoms with Crippen LogP contribution in [-0.4, -0.2) is 111 Å². The molecule has 0 spiro atoms. The van der Waals surface area contributed by atoms with Crippen LogP contribution in [0.15, 0.2) is 33.7 Å². The molecule has 1 aromatic rings. The molecule has 11 atom stereocenters. The number of ether oxygens (including phenoxy) is 5. The molecule has 0 aromatic carbocycles. The minimum atomic E-state index is -1.88. The number of esters is 1. The predicted molar refractivity (Wildman–Crippen MR) is 182 cm³/mol. The van der Waals surface area contributed by atoms with E-state index in [-0.39, 0.29) is 18.4 Å². The molecular formula is C34H53N5O13. The molecule has 4 rings (SSSR count). The Morgan fingerprint density at radius 2 is 1.81 bits per heavy atom. The Kier molecular flexibility index (Phi) is 15.4. The van der Waals surface area contributed by atoms with Crippen molar-refractivity contribution in [3.05, 3.63) is 44.9 Å². The molecule has 3 aliphatic heterocycles. The SMILES string of the molecule is CCCCCCCCCC(=O)O[C@H]1[C@@H](OC)[C@H]([C@H](O[C@@H]2OC(C(=O)N[C@@H]3CCC[C@H](C)NC3=O)=C[C@@H](O)[C@H]2O)C(N)O)O[C@@H]1n1ccc(=O)[nH]c1=O. The molecule has 1 aromatic heterocycles. The van der Waals surface area contributed by atoms with E-state index in [2.05, 4.69) is 22.5 Å². The third-order valence-corrected chi connectivity index (χ3v) is 9.38. The smallest absolute Gasteiger partial charge is 0.330 e. The van der Waals surface area contributed by atoms with Gasteiger partial charge in [0.25, 0.3) is 11.5 Å². The Balaban J connectivity index is 1.52. The average Bonchev–Trinajstić information content (AvgIpc) is 3.35.